The first-order valence-electron chi connectivity index (χ1n) is 44.5. The number of hydrogen-bond acceptors (Lipinski definition) is 5. The van der Waals surface area contributed by atoms with Crippen molar-refractivity contribution in [3.63, 3.8) is 0 Å². The molecule has 0 bridgehead atoms. The highest BCUT2D eigenvalue weighted by Gasteiger charge is 2.37. The molecule has 0 N–H and O–H groups in total. The predicted molar refractivity (Wildman–Crippen MR) is 537 cm³/mol. The summed E-state index contributed by atoms with van der Waals surface area (Å²) in [6.07, 6.45) is 12.0. The molecule has 21 aromatic rings. The van der Waals surface area contributed by atoms with Gasteiger partial charge in [0.1, 0.15) is 36.9 Å². The first kappa shape index (κ1) is 86.6. The van der Waals surface area contributed by atoms with Crippen LogP contribution in [0.15, 0.2) is 335 Å². The number of hydrogen-bond donors (Lipinski definition) is 0. The zero-order chi connectivity index (χ0) is 90.2. The van der Waals surface area contributed by atoms with E-state index in [0.717, 1.165) is 22.1 Å². The Labute approximate surface area is 762 Å². The molecule has 1 aliphatic rings. The van der Waals surface area contributed by atoms with Crippen LogP contribution in [0, 0.1) is 76.2 Å². The molecule has 7 aromatic heterocycles. The number of pyridine rings is 2. The van der Waals surface area contributed by atoms with E-state index >= 15 is 0 Å². The van der Waals surface area contributed by atoms with Crippen LogP contribution in [0.25, 0.3) is 164 Å². The van der Waals surface area contributed by atoms with Crippen LogP contribution in [0.2, 0.25) is 0 Å². The predicted octanol–water partition coefficient (Wildman–Crippen LogP) is 25.6. The lowest BCUT2D eigenvalue weighted by molar-refractivity contribution is -0.662. The summed E-state index contributed by atoms with van der Waals surface area (Å²) >= 11 is 1.90. The molecule has 7 heterocycles. The molecule has 1 aliphatic carbocycles. The number of aromatic nitrogens is 10. The first-order valence-corrected chi connectivity index (χ1v) is 45.3. The van der Waals surface area contributed by atoms with Crippen LogP contribution in [0.1, 0.15) is 86.2 Å². The Kier molecular flexibility index (Phi) is 24.5. The molecule has 0 aliphatic heterocycles. The number of para-hydroxylation sites is 4. The van der Waals surface area contributed by atoms with E-state index in [9.17, 15) is 0 Å². The van der Waals surface area contributed by atoms with Gasteiger partial charge in [-0.15, -0.1) is 11.3 Å². The minimum Gasteiger partial charge on any atom is -0.232 e. The van der Waals surface area contributed by atoms with Gasteiger partial charge in [0.15, 0.2) is 34.5 Å². The van der Waals surface area contributed by atoms with Gasteiger partial charge >= 0.3 is 0 Å². The van der Waals surface area contributed by atoms with Gasteiger partial charge in [0.2, 0.25) is 11.4 Å². The summed E-state index contributed by atoms with van der Waals surface area (Å²) in [5, 5.41) is 12.6. The zero-order valence-electron chi connectivity index (χ0n) is 77.6. The van der Waals surface area contributed by atoms with E-state index in [4.69, 9.17) is 0 Å². The van der Waals surface area contributed by atoms with Gasteiger partial charge in [-0.05, 0) is 265 Å². The number of nitrogens with zero attached hydrogens (tertiary/aromatic N) is 10. The first-order chi connectivity index (χ1) is 62.3. The number of rotatable bonds is 6. The smallest absolute Gasteiger partial charge is 0.232 e. The van der Waals surface area contributed by atoms with Crippen molar-refractivity contribution in [2.45, 2.75) is 95.4 Å². The summed E-state index contributed by atoms with van der Waals surface area (Å²) in [6.45, 7) is 28.6. The molecule has 11 heteroatoms. The summed E-state index contributed by atoms with van der Waals surface area (Å²) < 4.78 is 15.7. The van der Waals surface area contributed by atoms with Gasteiger partial charge in [0.25, 0.3) is 25.3 Å². The molecule has 0 saturated heterocycles. The minimum absolute atomic E-state index is 0.0315. The van der Waals surface area contributed by atoms with Crippen molar-refractivity contribution >= 4 is 96.7 Å². The van der Waals surface area contributed by atoms with E-state index in [-0.39, 0.29) is 5.41 Å². The van der Waals surface area contributed by atoms with Crippen LogP contribution >= 0.6 is 11.3 Å². The quantitative estimate of drug-likeness (QED) is 0.156. The molecule has 0 unspecified atom stereocenters. The standard InChI is InChI=1S/C26H24N.C23H18NS.2C18H19N2.C17H17N2.C16H15N2/c1-17-13-22-20-11-7-8-12-23(20)26(2,3)24(22)15-21(17)25-14-18-9-5-6-10-19(18)16-27(25)4;1-15-11-12-19-18-9-5-6-10-21(18)25-23(19)22(15)20-13-16-7-3-4-8-17(16)14-24(20)2;2*1-12-9-13(2)14(3)16(10-12)18-15-7-5-6-8-17(15)19-11-20(18)4;1-12-8-9-13(2)15(10-12)17-14-6-4-5-7-16(14)18-11-19(17)3;1-12-7-3-4-8-13(12)16-14-9-5-6-10-15(14)17-11-18(16)2/h5-16H,1-4H3;3-14H,1-2H3;2*5-11H,1-4H3;4-11H,1-3H3;3-11H,1-2H3/q6*+1. The molecular weight excluding hydrogens is 1590 g/mol. The Bertz CT molecular complexity index is 7810. The lowest BCUT2D eigenvalue weighted by atomic mass is 9.81. The third kappa shape index (κ3) is 17.2. The molecule has 0 atom stereocenters. The van der Waals surface area contributed by atoms with Crippen molar-refractivity contribution < 1.29 is 27.4 Å². The Morgan fingerprint density at radius 1 is 0.248 bits per heavy atom. The number of fused-ring (bicyclic) bond motifs is 12. The van der Waals surface area contributed by atoms with Crippen LogP contribution in [0.5, 0.6) is 0 Å². The molecule has 0 radical (unpaired) electrons. The van der Waals surface area contributed by atoms with E-state index in [1.165, 1.54) is 214 Å². The second kappa shape index (κ2) is 36.4. The fourth-order valence-electron chi connectivity index (χ4n) is 18.9. The van der Waals surface area contributed by atoms with Gasteiger partial charge in [0, 0.05) is 76.3 Å². The minimum atomic E-state index is 0.0315. The summed E-state index contributed by atoms with van der Waals surface area (Å²) in [5.41, 5.74) is 39.5. The molecule has 14 aromatic carbocycles. The lowest BCUT2D eigenvalue weighted by Gasteiger charge is -2.22. The third-order valence-electron chi connectivity index (χ3n) is 25.9. The van der Waals surface area contributed by atoms with Crippen LogP contribution < -0.4 is 27.4 Å². The SMILES string of the molecule is Cc1cc(C)c(C)c(-c2c3ccccc3nc[n+]2C)c1.Cc1cc(C)c(C)c(-c2c3ccccc3nc[n+]2C)c1.Cc1cc2c(cc1-c1cc3ccccc3c[n+]1C)C(C)(C)c1ccccc1-2.Cc1ccc(C)c(-c2c3ccccc3nc[n+]2C)c1.Cc1ccc2c(sc3ccccc32)c1-c1cc2ccccc2c[n+]1C.Cc1ccccc1-c1c2ccccc2nc[n+]1C. The molecule has 0 amide bonds. The number of aryl methyl sites for hydroxylation is 15. The maximum Gasteiger partial charge on any atom is 0.287 e. The Hall–Kier alpha value is -14.5. The van der Waals surface area contributed by atoms with Crippen LogP contribution in [-0.4, -0.2) is 19.9 Å². The van der Waals surface area contributed by atoms with Crippen molar-refractivity contribution in [1.29, 1.82) is 0 Å². The maximum atomic E-state index is 4.50. The molecule has 0 spiro atoms. The van der Waals surface area contributed by atoms with Crippen LogP contribution in [0.3, 0.4) is 0 Å². The maximum absolute atomic E-state index is 4.50. The number of benzene rings is 14. The molecule has 10 nitrogen and oxygen atoms in total. The Morgan fingerprint density at radius 3 is 1.14 bits per heavy atom. The van der Waals surface area contributed by atoms with Gasteiger partial charge in [-0.3, -0.25) is 0 Å². The van der Waals surface area contributed by atoms with E-state index in [0.29, 0.717) is 0 Å². The van der Waals surface area contributed by atoms with Gasteiger partial charge in [-0.1, -0.05) is 225 Å². The second-order valence-corrected chi connectivity index (χ2v) is 36.5. The summed E-state index contributed by atoms with van der Waals surface area (Å²) in [5.74, 6) is 0. The highest BCUT2D eigenvalue weighted by molar-refractivity contribution is 7.26. The van der Waals surface area contributed by atoms with Crippen molar-refractivity contribution in [2.75, 3.05) is 0 Å². The van der Waals surface area contributed by atoms with E-state index in [2.05, 4.69) is 458 Å². The molecule has 22 rings (SSSR count). The van der Waals surface area contributed by atoms with Gasteiger partial charge in [-0.25, -0.2) is 27.4 Å². The zero-order valence-corrected chi connectivity index (χ0v) is 78.5. The van der Waals surface area contributed by atoms with Gasteiger partial charge in [-0.2, -0.15) is 0 Å². The topological polar surface area (TPSA) is 74.8 Å². The second-order valence-electron chi connectivity index (χ2n) is 35.4. The molecule has 129 heavy (non-hydrogen) atoms. The largest absolute Gasteiger partial charge is 0.287 e. The van der Waals surface area contributed by atoms with E-state index in [1.807, 2.05) is 68.0 Å². The average molecular weight is 1700 g/mol. The van der Waals surface area contributed by atoms with Gasteiger partial charge in [0.05, 0.1) is 55.3 Å². The normalized spacial score (nSPS) is 11.7. The fraction of sp³-hybridized carbons (Fsp3) is 0.169. The number of thiophene rings is 1. The Balaban J connectivity index is 0.000000109. The fourth-order valence-corrected chi connectivity index (χ4v) is 20.2. The molecule has 0 fully saturated rings. The van der Waals surface area contributed by atoms with Crippen molar-refractivity contribution in [3.8, 4) is 78.7 Å². The molecule has 634 valence electrons. The average Bonchev–Trinajstić information content (AvgIpc) is 1.57. The van der Waals surface area contributed by atoms with Crippen molar-refractivity contribution in [3.05, 3.63) is 407 Å². The van der Waals surface area contributed by atoms with Crippen molar-refractivity contribution in [1.82, 2.24) is 19.9 Å². The summed E-state index contributed by atoms with van der Waals surface area (Å²) in [6, 6.07) is 106. The monoisotopic (exact) mass is 1700 g/mol. The highest BCUT2D eigenvalue weighted by atomic mass is 32.1. The van der Waals surface area contributed by atoms with Crippen LogP contribution in [-0.2, 0) is 47.7 Å². The van der Waals surface area contributed by atoms with E-state index < -0.39 is 0 Å². The van der Waals surface area contributed by atoms with Crippen molar-refractivity contribution in [2.24, 2.45) is 42.3 Å². The summed E-state index contributed by atoms with van der Waals surface area (Å²) in [7, 11) is 12.5. The molecular formula is C118H112N10S+6. The van der Waals surface area contributed by atoms with Gasteiger partial charge < -0.3 is 0 Å². The van der Waals surface area contributed by atoms with Crippen LogP contribution in [0.4, 0.5) is 0 Å². The third-order valence-corrected chi connectivity index (χ3v) is 27.1. The van der Waals surface area contributed by atoms with E-state index in [1.54, 1.807) is 0 Å². The highest BCUT2D eigenvalue weighted by Crippen LogP contribution is 2.51. The molecule has 0 saturated carbocycles. The Morgan fingerprint density at radius 2 is 0.636 bits per heavy atom. The lowest BCUT2D eigenvalue weighted by Crippen LogP contribution is -2.31. The summed E-state index contributed by atoms with van der Waals surface area (Å²) in [4.78, 5) is 18.0.